The van der Waals surface area contributed by atoms with Gasteiger partial charge in [-0.2, -0.15) is 8.78 Å². The predicted octanol–water partition coefficient (Wildman–Crippen LogP) is 4.39. The highest BCUT2D eigenvalue weighted by atomic mass is 32.1. The first-order valence-electron chi connectivity index (χ1n) is 9.95. The molecule has 1 saturated heterocycles. The molecule has 0 bridgehead atoms. The van der Waals surface area contributed by atoms with Crippen LogP contribution in [-0.4, -0.2) is 42.0 Å². The van der Waals surface area contributed by atoms with Gasteiger partial charge in [0.05, 0.1) is 21.8 Å². The van der Waals surface area contributed by atoms with E-state index < -0.39 is 6.61 Å². The van der Waals surface area contributed by atoms with Crippen LogP contribution in [0.3, 0.4) is 0 Å². The van der Waals surface area contributed by atoms with Gasteiger partial charge in [-0.3, -0.25) is 9.69 Å². The van der Waals surface area contributed by atoms with Crippen LogP contribution in [0.25, 0.3) is 10.2 Å². The quantitative estimate of drug-likeness (QED) is 0.603. The average molecular weight is 432 g/mol. The van der Waals surface area contributed by atoms with E-state index in [-0.39, 0.29) is 11.7 Å². The fourth-order valence-electron chi connectivity index (χ4n) is 3.65. The Bertz CT molecular complexity index is 952. The standard InChI is InChI=1S/C22H23F2N3O2S/c23-22(24)29-17-7-5-15(6-8-17)13-25-20(28)14-27-11-9-16(10-12-27)21-26-18-3-1-2-4-19(18)30-21/h1-8,16,22H,9-14H2,(H,25,28). The Hall–Kier alpha value is -2.58. The number of thiazole rings is 1. The summed E-state index contributed by atoms with van der Waals surface area (Å²) in [7, 11) is 0. The van der Waals surface area contributed by atoms with Crippen molar-refractivity contribution in [3.8, 4) is 5.75 Å². The number of aromatic nitrogens is 1. The highest BCUT2D eigenvalue weighted by molar-refractivity contribution is 7.18. The number of hydrogen-bond acceptors (Lipinski definition) is 5. The van der Waals surface area contributed by atoms with Gasteiger partial charge in [0.15, 0.2) is 0 Å². The lowest BCUT2D eigenvalue weighted by Crippen LogP contribution is -2.41. The molecule has 1 aromatic heterocycles. The van der Waals surface area contributed by atoms with Gasteiger partial charge in [0.1, 0.15) is 5.75 Å². The van der Waals surface area contributed by atoms with Gasteiger partial charge in [-0.1, -0.05) is 24.3 Å². The molecule has 1 amide bonds. The van der Waals surface area contributed by atoms with Gasteiger partial charge in [-0.25, -0.2) is 4.98 Å². The maximum Gasteiger partial charge on any atom is 0.387 e. The van der Waals surface area contributed by atoms with Gasteiger partial charge in [0.2, 0.25) is 5.91 Å². The van der Waals surface area contributed by atoms with Crippen molar-refractivity contribution in [3.05, 3.63) is 59.1 Å². The molecule has 158 valence electrons. The number of carbonyl (C=O) groups excluding carboxylic acids is 1. The van der Waals surface area contributed by atoms with E-state index in [1.54, 1.807) is 23.5 Å². The van der Waals surface area contributed by atoms with Crippen LogP contribution in [0, 0.1) is 0 Å². The summed E-state index contributed by atoms with van der Waals surface area (Å²) in [6.07, 6.45) is 2.00. The normalized spacial score (nSPS) is 15.6. The summed E-state index contributed by atoms with van der Waals surface area (Å²) in [6.45, 7) is -0.384. The summed E-state index contributed by atoms with van der Waals surface area (Å²) < 4.78 is 29.9. The number of amides is 1. The van der Waals surface area contributed by atoms with Crippen LogP contribution >= 0.6 is 11.3 Å². The van der Waals surface area contributed by atoms with E-state index in [4.69, 9.17) is 4.98 Å². The molecule has 0 radical (unpaired) electrons. The molecule has 0 saturated carbocycles. The van der Waals surface area contributed by atoms with Crippen molar-refractivity contribution in [2.24, 2.45) is 0 Å². The Balaban J connectivity index is 1.21. The molecule has 3 aromatic rings. The molecule has 2 heterocycles. The molecular weight excluding hydrogens is 408 g/mol. The van der Waals surface area contributed by atoms with Crippen molar-refractivity contribution in [3.63, 3.8) is 0 Å². The zero-order chi connectivity index (χ0) is 20.9. The van der Waals surface area contributed by atoms with Crippen LogP contribution in [0.2, 0.25) is 0 Å². The Kier molecular flexibility index (Phi) is 6.54. The lowest BCUT2D eigenvalue weighted by Gasteiger charge is -2.30. The molecule has 4 rings (SSSR count). The molecule has 1 aliphatic heterocycles. The third-order valence-corrected chi connectivity index (χ3v) is 6.45. The van der Waals surface area contributed by atoms with Crippen LogP contribution in [0.1, 0.15) is 29.3 Å². The third-order valence-electron chi connectivity index (χ3n) is 5.25. The molecule has 1 N–H and O–H groups in total. The molecule has 1 aliphatic rings. The molecule has 8 heteroatoms. The zero-order valence-electron chi connectivity index (χ0n) is 16.4. The molecule has 0 unspecified atom stereocenters. The lowest BCUT2D eigenvalue weighted by atomic mass is 9.97. The molecule has 30 heavy (non-hydrogen) atoms. The first-order valence-corrected chi connectivity index (χ1v) is 10.8. The van der Waals surface area contributed by atoms with Gasteiger partial charge in [-0.15, -0.1) is 11.3 Å². The minimum Gasteiger partial charge on any atom is -0.435 e. The lowest BCUT2D eigenvalue weighted by molar-refractivity contribution is -0.122. The number of ether oxygens (including phenoxy) is 1. The monoisotopic (exact) mass is 431 g/mol. The van der Waals surface area contributed by atoms with Crippen molar-refractivity contribution >= 4 is 27.5 Å². The number of alkyl halides is 2. The number of halogens is 2. The van der Waals surface area contributed by atoms with Crippen LogP contribution in [-0.2, 0) is 11.3 Å². The van der Waals surface area contributed by atoms with Crippen LogP contribution in [0.4, 0.5) is 8.78 Å². The molecule has 0 atom stereocenters. The number of hydrogen-bond donors (Lipinski definition) is 1. The Morgan fingerprint density at radius 1 is 1.17 bits per heavy atom. The predicted molar refractivity (Wildman–Crippen MR) is 113 cm³/mol. The highest BCUT2D eigenvalue weighted by Gasteiger charge is 2.24. The maximum absolute atomic E-state index is 12.3. The number of benzene rings is 2. The van der Waals surface area contributed by atoms with E-state index in [1.807, 2.05) is 18.2 Å². The van der Waals surface area contributed by atoms with E-state index in [0.29, 0.717) is 19.0 Å². The van der Waals surface area contributed by atoms with Gasteiger partial charge in [-0.05, 0) is 55.8 Å². The number of rotatable bonds is 7. The van der Waals surface area contributed by atoms with Gasteiger partial charge >= 0.3 is 6.61 Å². The van der Waals surface area contributed by atoms with E-state index in [1.165, 1.54) is 21.8 Å². The number of fused-ring (bicyclic) bond motifs is 1. The summed E-state index contributed by atoms with van der Waals surface area (Å²) in [5, 5.41) is 4.08. The molecule has 0 spiro atoms. The summed E-state index contributed by atoms with van der Waals surface area (Å²) in [5.41, 5.74) is 1.90. The largest absolute Gasteiger partial charge is 0.435 e. The summed E-state index contributed by atoms with van der Waals surface area (Å²) >= 11 is 1.77. The number of para-hydroxylation sites is 1. The molecular formula is C22H23F2N3O2S. The summed E-state index contributed by atoms with van der Waals surface area (Å²) in [6, 6.07) is 14.5. The maximum atomic E-state index is 12.3. The van der Waals surface area contributed by atoms with E-state index >= 15 is 0 Å². The van der Waals surface area contributed by atoms with Crippen LogP contribution in [0.5, 0.6) is 5.75 Å². The fraction of sp³-hybridized carbons (Fsp3) is 0.364. The number of nitrogens with one attached hydrogen (secondary N) is 1. The number of carbonyl (C=O) groups is 1. The molecule has 2 aromatic carbocycles. The topological polar surface area (TPSA) is 54.5 Å². The van der Waals surface area contributed by atoms with Crippen molar-refractivity contribution < 1.29 is 18.3 Å². The molecule has 0 aliphatic carbocycles. The highest BCUT2D eigenvalue weighted by Crippen LogP contribution is 2.33. The van der Waals surface area contributed by atoms with Gasteiger partial charge in [0.25, 0.3) is 0 Å². The van der Waals surface area contributed by atoms with Gasteiger partial charge in [0, 0.05) is 12.5 Å². The van der Waals surface area contributed by atoms with Crippen molar-refractivity contribution in [2.75, 3.05) is 19.6 Å². The zero-order valence-corrected chi connectivity index (χ0v) is 17.2. The second kappa shape index (κ2) is 9.49. The second-order valence-electron chi connectivity index (χ2n) is 7.37. The average Bonchev–Trinajstić information content (AvgIpc) is 3.18. The Morgan fingerprint density at radius 3 is 2.60 bits per heavy atom. The van der Waals surface area contributed by atoms with Crippen LogP contribution in [0.15, 0.2) is 48.5 Å². The smallest absolute Gasteiger partial charge is 0.387 e. The number of piperidine rings is 1. The third kappa shape index (κ3) is 5.31. The van der Waals surface area contributed by atoms with E-state index in [0.717, 1.165) is 37.0 Å². The van der Waals surface area contributed by atoms with E-state index in [9.17, 15) is 13.6 Å². The first-order chi connectivity index (χ1) is 14.6. The summed E-state index contributed by atoms with van der Waals surface area (Å²) in [4.78, 5) is 19.2. The first kappa shape index (κ1) is 20.7. The fourth-order valence-corrected chi connectivity index (χ4v) is 4.79. The second-order valence-corrected chi connectivity index (χ2v) is 8.43. The van der Waals surface area contributed by atoms with Crippen molar-refractivity contribution in [2.45, 2.75) is 31.9 Å². The van der Waals surface area contributed by atoms with Crippen molar-refractivity contribution in [1.82, 2.24) is 15.2 Å². The Morgan fingerprint density at radius 2 is 1.90 bits per heavy atom. The number of likely N-dealkylation sites (tertiary alicyclic amines) is 1. The molecule has 5 nitrogen and oxygen atoms in total. The summed E-state index contributed by atoms with van der Waals surface area (Å²) in [5.74, 6) is 0.521. The van der Waals surface area contributed by atoms with Gasteiger partial charge < -0.3 is 10.1 Å². The SMILES string of the molecule is O=C(CN1CCC(c2nc3ccccc3s2)CC1)NCc1ccc(OC(F)F)cc1. The van der Waals surface area contributed by atoms with Crippen LogP contribution < -0.4 is 10.1 Å². The van der Waals surface area contributed by atoms with E-state index in [2.05, 4.69) is 21.0 Å². The number of nitrogens with zero attached hydrogens (tertiary/aromatic N) is 2. The molecule has 1 fully saturated rings. The van der Waals surface area contributed by atoms with Crippen molar-refractivity contribution in [1.29, 1.82) is 0 Å². The Labute approximate surface area is 177 Å². The minimum atomic E-state index is -2.84. The minimum absolute atomic E-state index is 0.0404.